The highest BCUT2D eigenvalue weighted by molar-refractivity contribution is 4.87. The highest BCUT2D eigenvalue weighted by Crippen LogP contribution is 2.42. The van der Waals surface area contributed by atoms with Crippen LogP contribution in [0, 0.1) is 5.41 Å². The van der Waals surface area contributed by atoms with Gasteiger partial charge in [0, 0.05) is 6.54 Å². The summed E-state index contributed by atoms with van der Waals surface area (Å²) < 4.78 is 0. The molecule has 0 amide bonds. The summed E-state index contributed by atoms with van der Waals surface area (Å²) >= 11 is 0. The fraction of sp³-hybridized carbons (Fsp3) is 1.00. The molecule has 0 heterocycles. The molecule has 0 bridgehead atoms. The SMILES string of the molecule is CCN(CC)CC1(CCCN)CCCC1. The Morgan fingerprint density at radius 3 is 2.20 bits per heavy atom. The van der Waals surface area contributed by atoms with Crippen LogP contribution in [0.4, 0.5) is 0 Å². The monoisotopic (exact) mass is 212 g/mol. The van der Waals surface area contributed by atoms with Crippen molar-refractivity contribution in [1.82, 2.24) is 4.90 Å². The second kappa shape index (κ2) is 6.49. The molecule has 2 heteroatoms. The zero-order valence-corrected chi connectivity index (χ0v) is 10.6. The highest BCUT2D eigenvalue weighted by atomic mass is 15.1. The second-order valence-corrected chi connectivity index (χ2v) is 5.06. The van der Waals surface area contributed by atoms with E-state index in [4.69, 9.17) is 5.73 Å². The summed E-state index contributed by atoms with van der Waals surface area (Å²) in [7, 11) is 0. The largest absolute Gasteiger partial charge is 0.330 e. The van der Waals surface area contributed by atoms with Crippen LogP contribution in [0.1, 0.15) is 52.4 Å². The molecular formula is C13H28N2. The summed E-state index contributed by atoms with van der Waals surface area (Å²) in [4.78, 5) is 2.59. The van der Waals surface area contributed by atoms with E-state index < -0.39 is 0 Å². The van der Waals surface area contributed by atoms with Crippen LogP contribution in [0.5, 0.6) is 0 Å². The van der Waals surface area contributed by atoms with Gasteiger partial charge < -0.3 is 10.6 Å². The number of nitrogens with two attached hydrogens (primary N) is 1. The molecule has 2 N–H and O–H groups in total. The van der Waals surface area contributed by atoms with Crippen molar-refractivity contribution >= 4 is 0 Å². The van der Waals surface area contributed by atoms with Crippen molar-refractivity contribution in [2.45, 2.75) is 52.4 Å². The van der Waals surface area contributed by atoms with Crippen LogP contribution >= 0.6 is 0 Å². The molecule has 1 rings (SSSR count). The molecule has 1 aliphatic carbocycles. The van der Waals surface area contributed by atoms with E-state index in [0.717, 1.165) is 6.54 Å². The van der Waals surface area contributed by atoms with Gasteiger partial charge in [-0.05, 0) is 50.7 Å². The van der Waals surface area contributed by atoms with Crippen LogP contribution < -0.4 is 5.73 Å². The van der Waals surface area contributed by atoms with Gasteiger partial charge in [0.15, 0.2) is 0 Å². The predicted octanol–water partition coefficient (Wildman–Crippen LogP) is 2.63. The van der Waals surface area contributed by atoms with Crippen molar-refractivity contribution in [3.05, 3.63) is 0 Å². The maximum Gasteiger partial charge on any atom is 0.00377 e. The lowest BCUT2D eigenvalue weighted by molar-refractivity contribution is 0.150. The number of hydrogen-bond donors (Lipinski definition) is 1. The summed E-state index contributed by atoms with van der Waals surface area (Å²) in [5, 5.41) is 0. The zero-order valence-electron chi connectivity index (χ0n) is 10.6. The van der Waals surface area contributed by atoms with Crippen molar-refractivity contribution in [2.24, 2.45) is 11.1 Å². The summed E-state index contributed by atoms with van der Waals surface area (Å²) in [6.45, 7) is 9.10. The Balaban J connectivity index is 2.48. The summed E-state index contributed by atoms with van der Waals surface area (Å²) in [6.07, 6.45) is 8.30. The highest BCUT2D eigenvalue weighted by Gasteiger charge is 2.34. The minimum Gasteiger partial charge on any atom is -0.330 e. The van der Waals surface area contributed by atoms with Crippen LogP contribution in [0.25, 0.3) is 0 Å². The lowest BCUT2D eigenvalue weighted by Crippen LogP contribution is -2.36. The average molecular weight is 212 g/mol. The molecule has 1 saturated carbocycles. The Morgan fingerprint density at radius 2 is 1.73 bits per heavy atom. The lowest BCUT2D eigenvalue weighted by Gasteiger charge is -2.34. The Labute approximate surface area is 95.2 Å². The second-order valence-electron chi connectivity index (χ2n) is 5.06. The molecule has 0 aromatic heterocycles. The molecule has 0 aliphatic heterocycles. The van der Waals surface area contributed by atoms with E-state index in [9.17, 15) is 0 Å². The fourth-order valence-electron chi connectivity index (χ4n) is 3.01. The zero-order chi connectivity index (χ0) is 11.1. The van der Waals surface area contributed by atoms with Gasteiger partial charge in [-0.25, -0.2) is 0 Å². The first-order chi connectivity index (χ1) is 7.26. The van der Waals surface area contributed by atoms with Gasteiger partial charge in [-0.15, -0.1) is 0 Å². The summed E-state index contributed by atoms with van der Waals surface area (Å²) in [5.41, 5.74) is 6.26. The van der Waals surface area contributed by atoms with E-state index in [2.05, 4.69) is 18.7 Å². The molecular weight excluding hydrogens is 184 g/mol. The van der Waals surface area contributed by atoms with E-state index in [1.807, 2.05) is 0 Å². The molecule has 2 nitrogen and oxygen atoms in total. The van der Waals surface area contributed by atoms with Crippen LogP contribution in [-0.4, -0.2) is 31.1 Å². The van der Waals surface area contributed by atoms with Gasteiger partial charge in [0.1, 0.15) is 0 Å². The molecule has 0 aromatic carbocycles. The summed E-state index contributed by atoms with van der Waals surface area (Å²) in [6, 6.07) is 0. The Bertz CT molecular complexity index is 158. The first-order valence-corrected chi connectivity index (χ1v) is 6.69. The molecule has 90 valence electrons. The molecule has 1 aliphatic rings. The molecule has 0 spiro atoms. The van der Waals surface area contributed by atoms with Crippen molar-refractivity contribution in [2.75, 3.05) is 26.2 Å². The van der Waals surface area contributed by atoms with Crippen LogP contribution in [-0.2, 0) is 0 Å². The van der Waals surface area contributed by atoms with E-state index >= 15 is 0 Å². The first kappa shape index (κ1) is 13.0. The van der Waals surface area contributed by atoms with Gasteiger partial charge in [-0.2, -0.15) is 0 Å². The van der Waals surface area contributed by atoms with Crippen molar-refractivity contribution < 1.29 is 0 Å². The molecule has 1 fully saturated rings. The summed E-state index contributed by atoms with van der Waals surface area (Å²) in [5.74, 6) is 0. The smallest absolute Gasteiger partial charge is 0.00377 e. The number of nitrogens with zero attached hydrogens (tertiary/aromatic N) is 1. The van der Waals surface area contributed by atoms with Crippen molar-refractivity contribution in [3.8, 4) is 0 Å². The van der Waals surface area contributed by atoms with Gasteiger partial charge >= 0.3 is 0 Å². The normalized spacial score (nSPS) is 20.0. The van der Waals surface area contributed by atoms with Crippen molar-refractivity contribution in [3.63, 3.8) is 0 Å². The molecule has 15 heavy (non-hydrogen) atoms. The van der Waals surface area contributed by atoms with E-state index in [0.29, 0.717) is 5.41 Å². The number of hydrogen-bond acceptors (Lipinski definition) is 2. The van der Waals surface area contributed by atoms with E-state index in [1.54, 1.807) is 0 Å². The maximum absolute atomic E-state index is 5.65. The van der Waals surface area contributed by atoms with Crippen LogP contribution in [0.2, 0.25) is 0 Å². The van der Waals surface area contributed by atoms with Gasteiger partial charge in [-0.1, -0.05) is 26.7 Å². The Hall–Kier alpha value is -0.0800. The maximum atomic E-state index is 5.65. The lowest BCUT2D eigenvalue weighted by atomic mass is 9.81. The third kappa shape index (κ3) is 3.76. The average Bonchev–Trinajstić information content (AvgIpc) is 2.72. The minimum absolute atomic E-state index is 0.616. The van der Waals surface area contributed by atoms with Gasteiger partial charge in [0.2, 0.25) is 0 Å². The minimum atomic E-state index is 0.616. The van der Waals surface area contributed by atoms with Crippen LogP contribution in [0.3, 0.4) is 0 Å². The molecule has 0 radical (unpaired) electrons. The third-order valence-electron chi connectivity index (χ3n) is 4.03. The Kier molecular flexibility index (Phi) is 5.62. The third-order valence-corrected chi connectivity index (χ3v) is 4.03. The van der Waals surface area contributed by atoms with Crippen LogP contribution in [0.15, 0.2) is 0 Å². The predicted molar refractivity (Wildman–Crippen MR) is 67.0 cm³/mol. The quantitative estimate of drug-likeness (QED) is 0.703. The van der Waals surface area contributed by atoms with Gasteiger partial charge in [0.05, 0.1) is 0 Å². The Morgan fingerprint density at radius 1 is 1.13 bits per heavy atom. The van der Waals surface area contributed by atoms with E-state index in [-0.39, 0.29) is 0 Å². The topological polar surface area (TPSA) is 29.3 Å². The van der Waals surface area contributed by atoms with Gasteiger partial charge in [0.25, 0.3) is 0 Å². The van der Waals surface area contributed by atoms with Gasteiger partial charge in [-0.3, -0.25) is 0 Å². The molecule has 0 saturated heterocycles. The first-order valence-electron chi connectivity index (χ1n) is 6.69. The fourth-order valence-corrected chi connectivity index (χ4v) is 3.01. The van der Waals surface area contributed by atoms with E-state index in [1.165, 1.54) is 58.2 Å². The molecule has 0 unspecified atom stereocenters. The van der Waals surface area contributed by atoms with Crippen molar-refractivity contribution in [1.29, 1.82) is 0 Å². The number of rotatable bonds is 7. The standard InChI is InChI=1S/C13H28N2/c1-3-15(4-2)12-13(10-7-11-14)8-5-6-9-13/h3-12,14H2,1-2H3. The molecule has 0 aromatic rings. The molecule has 0 atom stereocenters.